The molecule has 1 aliphatic rings. The van der Waals surface area contributed by atoms with Gasteiger partial charge in [-0.15, -0.1) is 10.2 Å². The molecule has 0 atom stereocenters. The molecule has 31 heavy (non-hydrogen) atoms. The summed E-state index contributed by atoms with van der Waals surface area (Å²) >= 11 is 0. The molecule has 1 amide bonds. The van der Waals surface area contributed by atoms with Gasteiger partial charge in [-0.2, -0.15) is 0 Å². The monoisotopic (exact) mass is 416 g/mol. The number of nitrogens with zero attached hydrogens (tertiary/aromatic N) is 5. The molecule has 0 saturated carbocycles. The van der Waals surface area contributed by atoms with Crippen molar-refractivity contribution in [3.8, 4) is 0 Å². The number of benzene rings is 1. The largest absolute Gasteiger partial charge is 0.352 e. The maximum atomic E-state index is 12.6. The minimum atomic E-state index is 0.220. The van der Waals surface area contributed by atoms with Crippen molar-refractivity contribution in [2.45, 2.75) is 26.7 Å². The standard InChI is InChI=1S/C24H28N6O/c1-18-4-3-5-20(16-18)7-11-24(31)30-14-12-29(13-15-30)23-10-9-22(27-28-23)26-21-8-6-19(2)17-25-21/h3-6,8-10,16-17H,7,11-15H2,1-2H3,(H,25,26,27). The first-order chi connectivity index (χ1) is 15.1. The van der Waals surface area contributed by atoms with Gasteiger partial charge in [-0.05, 0) is 49.6 Å². The summed E-state index contributed by atoms with van der Waals surface area (Å²) in [7, 11) is 0. The molecule has 0 unspecified atom stereocenters. The van der Waals surface area contributed by atoms with Gasteiger partial charge in [0.2, 0.25) is 5.91 Å². The highest BCUT2D eigenvalue weighted by atomic mass is 16.2. The zero-order valence-electron chi connectivity index (χ0n) is 18.1. The molecule has 3 aromatic rings. The number of aromatic nitrogens is 3. The summed E-state index contributed by atoms with van der Waals surface area (Å²) in [5.41, 5.74) is 3.56. The van der Waals surface area contributed by atoms with Crippen LogP contribution in [0.2, 0.25) is 0 Å². The highest BCUT2D eigenvalue weighted by Gasteiger charge is 2.22. The van der Waals surface area contributed by atoms with Crippen LogP contribution in [-0.4, -0.2) is 52.2 Å². The summed E-state index contributed by atoms with van der Waals surface area (Å²) in [5, 5.41) is 11.8. The van der Waals surface area contributed by atoms with Gasteiger partial charge in [0, 0.05) is 38.8 Å². The van der Waals surface area contributed by atoms with Crippen LogP contribution in [0.1, 0.15) is 23.1 Å². The molecule has 1 aromatic carbocycles. The molecule has 3 heterocycles. The molecule has 7 heteroatoms. The molecule has 0 aliphatic carbocycles. The minimum Gasteiger partial charge on any atom is -0.352 e. The molecular formula is C24H28N6O. The van der Waals surface area contributed by atoms with Gasteiger partial charge in [-0.25, -0.2) is 4.98 Å². The molecule has 1 saturated heterocycles. The molecule has 1 fully saturated rings. The van der Waals surface area contributed by atoms with Gasteiger partial charge >= 0.3 is 0 Å². The lowest BCUT2D eigenvalue weighted by atomic mass is 10.1. The Bertz CT molecular complexity index is 1010. The predicted molar refractivity (Wildman–Crippen MR) is 123 cm³/mol. The Balaban J connectivity index is 1.26. The summed E-state index contributed by atoms with van der Waals surface area (Å²) in [5.74, 6) is 2.45. The highest BCUT2D eigenvalue weighted by molar-refractivity contribution is 5.76. The summed E-state index contributed by atoms with van der Waals surface area (Å²) in [6.45, 7) is 7.02. The fraction of sp³-hybridized carbons (Fsp3) is 0.333. The maximum Gasteiger partial charge on any atom is 0.223 e. The van der Waals surface area contributed by atoms with Gasteiger partial charge in [-0.3, -0.25) is 4.79 Å². The van der Waals surface area contributed by atoms with Crippen molar-refractivity contribution in [3.63, 3.8) is 0 Å². The highest BCUT2D eigenvalue weighted by Crippen LogP contribution is 2.17. The molecule has 2 aromatic heterocycles. The van der Waals surface area contributed by atoms with E-state index in [1.165, 1.54) is 11.1 Å². The molecule has 7 nitrogen and oxygen atoms in total. The van der Waals surface area contributed by atoms with Crippen LogP contribution < -0.4 is 10.2 Å². The lowest BCUT2D eigenvalue weighted by Crippen LogP contribution is -2.49. The number of anilines is 3. The second kappa shape index (κ2) is 9.55. The number of rotatable bonds is 6. The Kier molecular flexibility index (Phi) is 6.40. The topological polar surface area (TPSA) is 74.2 Å². The third kappa shape index (κ3) is 5.57. The van der Waals surface area contributed by atoms with E-state index in [1.54, 1.807) is 0 Å². The van der Waals surface area contributed by atoms with Gasteiger partial charge in [0.05, 0.1) is 0 Å². The molecule has 4 rings (SSSR count). The van der Waals surface area contributed by atoms with Crippen LogP contribution in [0.5, 0.6) is 0 Å². The molecule has 0 radical (unpaired) electrons. The van der Waals surface area contributed by atoms with Crippen LogP contribution in [0, 0.1) is 13.8 Å². The SMILES string of the molecule is Cc1ccc(Nc2ccc(N3CCN(C(=O)CCc4cccc(C)c4)CC3)nn2)nc1. The second-order valence-electron chi connectivity index (χ2n) is 7.98. The molecular weight excluding hydrogens is 388 g/mol. The van der Waals surface area contributed by atoms with Gasteiger partial charge in [0.1, 0.15) is 5.82 Å². The van der Waals surface area contributed by atoms with Crippen molar-refractivity contribution in [2.24, 2.45) is 0 Å². The van der Waals surface area contributed by atoms with E-state index in [9.17, 15) is 4.79 Å². The quantitative estimate of drug-likeness (QED) is 0.663. The first kappa shape index (κ1) is 20.8. The Hall–Kier alpha value is -3.48. The van der Waals surface area contributed by atoms with Gasteiger partial charge in [-0.1, -0.05) is 35.9 Å². The maximum absolute atomic E-state index is 12.6. The van der Waals surface area contributed by atoms with E-state index >= 15 is 0 Å². The number of pyridine rings is 1. The molecule has 160 valence electrons. The van der Waals surface area contributed by atoms with E-state index in [2.05, 4.69) is 50.5 Å². The number of amides is 1. The summed E-state index contributed by atoms with van der Waals surface area (Å²) in [6.07, 6.45) is 3.15. The molecule has 1 N–H and O–H groups in total. The first-order valence-electron chi connectivity index (χ1n) is 10.7. The predicted octanol–water partition coefficient (Wildman–Crippen LogP) is 3.51. The van der Waals surface area contributed by atoms with Crippen LogP contribution >= 0.6 is 0 Å². The van der Waals surface area contributed by atoms with E-state index in [-0.39, 0.29) is 5.91 Å². The van der Waals surface area contributed by atoms with E-state index in [1.807, 2.05) is 48.4 Å². The number of hydrogen-bond donors (Lipinski definition) is 1. The lowest BCUT2D eigenvalue weighted by Gasteiger charge is -2.35. The van der Waals surface area contributed by atoms with Gasteiger partial charge in [0.15, 0.2) is 11.6 Å². The fourth-order valence-corrected chi connectivity index (χ4v) is 3.70. The Morgan fingerprint density at radius 3 is 2.42 bits per heavy atom. The van der Waals surface area contributed by atoms with Crippen molar-refractivity contribution in [1.29, 1.82) is 0 Å². The van der Waals surface area contributed by atoms with Crippen molar-refractivity contribution >= 4 is 23.4 Å². The van der Waals surface area contributed by atoms with Crippen molar-refractivity contribution < 1.29 is 4.79 Å². The number of aryl methyl sites for hydroxylation is 3. The molecule has 0 spiro atoms. The molecule has 1 aliphatic heterocycles. The van der Waals surface area contributed by atoms with Crippen molar-refractivity contribution in [3.05, 3.63) is 71.4 Å². The zero-order valence-corrected chi connectivity index (χ0v) is 18.1. The van der Waals surface area contributed by atoms with Crippen LogP contribution in [-0.2, 0) is 11.2 Å². The van der Waals surface area contributed by atoms with E-state index < -0.39 is 0 Å². The first-order valence-corrected chi connectivity index (χ1v) is 10.7. The van der Waals surface area contributed by atoms with Crippen LogP contribution in [0.15, 0.2) is 54.7 Å². The number of hydrogen-bond acceptors (Lipinski definition) is 6. The van der Waals surface area contributed by atoms with Crippen LogP contribution in [0.25, 0.3) is 0 Å². The third-order valence-corrected chi connectivity index (χ3v) is 5.48. The van der Waals surface area contributed by atoms with E-state index in [4.69, 9.17) is 0 Å². The Morgan fingerprint density at radius 2 is 1.74 bits per heavy atom. The van der Waals surface area contributed by atoms with Gasteiger partial charge < -0.3 is 15.1 Å². The van der Waals surface area contributed by atoms with Crippen LogP contribution in [0.3, 0.4) is 0 Å². The lowest BCUT2D eigenvalue weighted by molar-refractivity contribution is -0.131. The van der Waals surface area contributed by atoms with Gasteiger partial charge in [0.25, 0.3) is 0 Å². The minimum absolute atomic E-state index is 0.220. The summed E-state index contributed by atoms with van der Waals surface area (Å²) in [6, 6.07) is 16.1. The van der Waals surface area contributed by atoms with E-state index in [0.29, 0.717) is 25.3 Å². The molecule has 0 bridgehead atoms. The number of piperazine rings is 1. The van der Waals surface area contributed by atoms with E-state index in [0.717, 1.165) is 36.7 Å². The van der Waals surface area contributed by atoms with Crippen molar-refractivity contribution in [2.75, 3.05) is 36.4 Å². The number of carbonyl (C=O) groups is 1. The Morgan fingerprint density at radius 1 is 0.935 bits per heavy atom. The zero-order chi connectivity index (χ0) is 21.6. The summed E-state index contributed by atoms with van der Waals surface area (Å²) < 4.78 is 0. The Labute approximate surface area is 183 Å². The number of nitrogens with one attached hydrogen (secondary N) is 1. The summed E-state index contributed by atoms with van der Waals surface area (Å²) in [4.78, 5) is 21.1. The number of carbonyl (C=O) groups excluding carboxylic acids is 1. The fourth-order valence-electron chi connectivity index (χ4n) is 3.70. The van der Waals surface area contributed by atoms with Crippen molar-refractivity contribution in [1.82, 2.24) is 20.1 Å². The average molecular weight is 417 g/mol. The smallest absolute Gasteiger partial charge is 0.223 e. The normalized spacial score (nSPS) is 13.9. The average Bonchev–Trinajstić information content (AvgIpc) is 2.80. The van der Waals surface area contributed by atoms with Crippen LogP contribution in [0.4, 0.5) is 17.5 Å². The third-order valence-electron chi connectivity index (χ3n) is 5.48. The second-order valence-corrected chi connectivity index (χ2v) is 7.98.